The second-order valence-electron chi connectivity index (χ2n) is 5.71. The molecule has 0 saturated heterocycles. The molecule has 4 heteroatoms. The molecule has 0 aromatic carbocycles. The summed E-state index contributed by atoms with van der Waals surface area (Å²) in [7, 11) is 0. The molecule has 0 aliphatic heterocycles. The standard InChI is InChI=1S/C15H27NO3/c1-3-5-6-11(4-2)10-16-14(17)12-7-8-13(9-12)15(18)19/h11-13H,3-10H2,1-2H3,(H,16,17)(H,18,19). The predicted octanol–water partition coefficient (Wildman–Crippen LogP) is 2.82. The van der Waals surface area contributed by atoms with Crippen LogP contribution >= 0.6 is 0 Å². The van der Waals surface area contributed by atoms with Gasteiger partial charge in [0, 0.05) is 12.5 Å². The van der Waals surface area contributed by atoms with E-state index < -0.39 is 5.97 Å². The number of carbonyl (C=O) groups is 2. The number of carboxylic acid groups (broad SMARTS) is 1. The van der Waals surface area contributed by atoms with Crippen molar-refractivity contribution in [1.29, 1.82) is 0 Å². The van der Waals surface area contributed by atoms with E-state index >= 15 is 0 Å². The number of amides is 1. The first-order valence-corrected chi connectivity index (χ1v) is 7.58. The number of aliphatic carboxylic acids is 1. The lowest BCUT2D eigenvalue weighted by Crippen LogP contribution is -2.33. The van der Waals surface area contributed by atoms with Crippen molar-refractivity contribution in [3.8, 4) is 0 Å². The second-order valence-corrected chi connectivity index (χ2v) is 5.71. The molecule has 110 valence electrons. The van der Waals surface area contributed by atoms with Crippen LogP contribution in [0.4, 0.5) is 0 Å². The van der Waals surface area contributed by atoms with Crippen LogP contribution in [0.25, 0.3) is 0 Å². The highest BCUT2D eigenvalue weighted by molar-refractivity contribution is 5.80. The van der Waals surface area contributed by atoms with Crippen LogP contribution < -0.4 is 5.32 Å². The Hall–Kier alpha value is -1.06. The molecule has 1 aliphatic rings. The number of unbranched alkanes of at least 4 members (excludes halogenated alkanes) is 1. The van der Waals surface area contributed by atoms with E-state index in [1.165, 1.54) is 12.8 Å². The van der Waals surface area contributed by atoms with Gasteiger partial charge < -0.3 is 10.4 Å². The van der Waals surface area contributed by atoms with Crippen LogP contribution in [0.5, 0.6) is 0 Å². The Labute approximate surface area is 116 Å². The normalized spacial score (nSPS) is 24.1. The fraction of sp³-hybridized carbons (Fsp3) is 0.867. The highest BCUT2D eigenvalue weighted by atomic mass is 16.4. The fourth-order valence-corrected chi connectivity index (χ4v) is 2.78. The average Bonchev–Trinajstić information content (AvgIpc) is 2.88. The highest BCUT2D eigenvalue weighted by Crippen LogP contribution is 2.31. The molecular weight excluding hydrogens is 242 g/mol. The van der Waals surface area contributed by atoms with E-state index in [-0.39, 0.29) is 17.7 Å². The smallest absolute Gasteiger partial charge is 0.306 e. The van der Waals surface area contributed by atoms with E-state index in [2.05, 4.69) is 19.2 Å². The molecule has 0 aromatic rings. The van der Waals surface area contributed by atoms with Gasteiger partial charge in [0.05, 0.1) is 5.92 Å². The number of hydrogen-bond acceptors (Lipinski definition) is 2. The van der Waals surface area contributed by atoms with Gasteiger partial charge in [-0.25, -0.2) is 0 Å². The molecule has 0 aromatic heterocycles. The van der Waals surface area contributed by atoms with Gasteiger partial charge in [0.1, 0.15) is 0 Å². The summed E-state index contributed by atoms with van der Waals surface area (Å²) in [5, 5.41) is 11.9. The van der Waals surface area contributed by atoms with Gasteiger partial charge in [0.25, 0.3) is 0 Å². The quantitative estimate of drug-likeness (QED) is 0.712. The molecule has 0 radical (unpaired) electrons. The van der Waals surface area contributed by atoms with Gasteiger partial charge in [-0.1, -0.05) is 33.1 Å². The number of hydrogen-bond donors (Lipinski definition) is 2. The van der Waals surface area contributed by atoms with Gasteiger partial charge in [-0.15, -0.1) is 0 Å². The second kappa shape index (κ2) is 8.18. The Morgan fingerprint density at radius 2 is 1.95 bits per heavy atom. The maximum Gasteiger partial charge on any atom is 0.306 e. The Morgan fingerprint density at radius 3 is 2.47 bits per heavy atom. The van der Waals surface area contributed by atoms with Crippen molar-refractivity contribution in [2.24, 2.45) is 17.8 Å². The maximum atomic E-state index is 12.0. The topological polar surface area (TPSA) is 66.4 Å². The molecule has 1 saturated carbocycles. The van der Waals surface area contributed by atoms with Crippen LogP contribution in [0.2, 0.25) is 0 Å². The predicted molar refractivity (Wildman–Crippen MR) is 74.8 cm³/mol. The van der Waals surface area contributed by atoms with Crippen LogP contribution in [0, 0.1) is 17.8 Å². The van der Waals surface area contributed by atoms with Crippen molar-refractivity contribution in [1.82, 2.24) is 5.32 Å². The minimum absolute atomic E-state index is 0.0544. The summed E-state index contributed by atoms with van der Waals surface area (Å²) >= 11 is 0. The van der Waals surface area contributed by atoms with Crippen molar-refractivity contribution >= 4 is 11.9 Å². The third-order valence-corrected chi connectivity index (χ3v) is 4.26. The zero-order chi connectivity index (χ0) is 14.3. The Kier molecular flexibility index (Phi) is 6.89. The summed E-state index contributed by atoms with van der Waals surface area (Å²) < 4.78 is 0. The van der Waals surface area contributed by atoms with Gasteiger partial charge in [-0.2, -0.15) is 0 Å². The van der Waals surface area contributed by atoms with Crippen LogP contribution in [0.1, 0.15) is 58.8 Å². The van der Waals surface area contributed by atoms with Gasteiger partial charge in [0.15, 0.2) is 0 Å². The monoisotopic (exact) mass is 269 g/mol. The molecular formula is C15H27NO3. The molecule has 4 nitrogen and oxygen atoms in total. The fourth-order valence-electron chi connectivity index (χ4n) is 2.78. The largest absolute Gasteiger partial charge is 0.481 e. The van der Waals surface area contributed by atoms with E-state index in [4.69, 9.17) is 5.11 Å². The zero-order valence-corrected chi connectivity index (χ0v) is 12.2. The summed E-state index contributed by atoms with van der Waals surface area (Å²) in [5.74, 6) is -0.563. The van der Waals surface area contributed by atoms with Gasteiger partial charge in [-0.3, -0.25) is 9.59 Å². The lowest BCUT2D eigenvalue weighted by atomic mass is 9.98. The van der Waals surface area contributed by atoms with Crippen LogP contribution in [-0.4, -0.2) is 23.5 Å². The Morgan fingerprint density at radius 1 is 1.26 bits per heavy atom. The van der Waals surface area contributed by atoms with Crippen molar-refractivity contribution < 1.29 is 14.7 Å². The van der Waals surface area contributed by atoms with Crippen molar-refractivity contribution in [2.75, 3.05) is 6.54 Å². The first kappa shape index (κ1) is 16.0. The molecule has 0 bridgehead atoms. The van der Waals surface area contributed by atoms with Crippen LogP contribution in [-0.2, 0) is 9.59 Å². The van der Waals surface area contributed by atoms with Gasteiger partial charge in [0.2, 0.25) is 5.91 Å². The summed E-state index contributed by atoms with van der Waals surface area (Å²) in [6.45, 7) is 5.07. The molecule has 19 heavy (non-hydrogen) atoms. The molecule has 0 spiro atoms. The highest BCUT2D eigenvalue weighted by Gasteiger charge is 2.33. The molecule has 0 heterocycles. The minimum atomic E-state index is -0.760. The molecule has 3 unspecified atom stereocenters. The lowest BCUT2D eigenvalue weighted by molar-refractivity contribution is -0.141. The molecule has 1 amide bonds. The van der Waals surface area contributed by atoms with E-state index in [1.807, 2.05) is 0 Å². The SMILES string of the molecule is CCCCC(CC)CNC(=O)C1CCC(C(=O)O)C1. The van der Waals surface area contributed by atoms with Crippen LogP contribution in [0.15, 0.2) is 0 Å². The van der Waals surface area contributed by atoms with Gasteiger partial charge in [-0.05, 0) is 31.6 Å². The van der Waals surface area contributed by atoms with Crippen molar-refractivity contribution in [2.45, 2.75) is 58.8 Å². The van der Waals surface area contributed by atoms with Crippen molar-refractivity contribution in [3.63, 3.8) is 0 Å². The van der Waals surface area contributed by atoms with Crippen molar-refractivity contribution in [3.05, 3.63) is 0 Å². The number of carbonyl (C=O) groups excluding carboxylic acids is 1. The molecule has 1 rings (SSSR count). The molecule has 2 N–H and O–H groups in total. The lowest BCUT2D eigenvalue weighted by Gasteiger charge is -2.17. The summed E-state index contributed by atoms with van der Waals surface area (Å²) in [4.78, 5) is 22.9. The maximum absolute atomic E-state index is 12.0. The summed E-state index contributed by atoms with van der Waals surface area (Å²) in [6.07, 6.45) is 6.51. The van der Waals surface area contributed by atoms with E-state index in [9.17, 15) is 9.59 Å². The summed E-state index contributed by atoms with van der Waals surface area (Å²) in [5.41, 5.74) is 0. The van der Waals surface area contributed by atoms with Gasteiger partial charge >= 0.3 is 5.97 Å². The van der Waals surface area contributed by atoms with E-state index in [0.29, 0.717) is 25.2 Å². The molecule has 3 atom stereocenters. The number of nitrogens with one attached hydrogen (secondary N) is 1. The minimum Gasteiger partial charge on any atom is -0.481 e. The van der Waals surface area contributed by atoms with E-state index in [1.54, 1.807) is 0 Å². The average molecular weight is 269 g/mol. The number of carboxylic acids is 1. The third kappa shape index (κ3) is 5.21. The first-order chi connectivity index (χ1) is 9.08. The number of rotatable bonds is 8. The Balaban J connectivity index is 2.29. The molecule has 1 aliphatic carbocycles. The first-order valence-electron chi connectivity index (χ1n) is 7.58. The summed E-state index contributed by atoms with van der Waals surface area (Å²) in [6, 6.07) is 0. The van der Waals surface area contributed by atoms with E-state index in [0.717, 1.165) is 19.4 Å². The Bertz CT molecular complexity index is 304. The third-order valence-electron chi connectivity index (χ3n) is 4.26. The zero-order valence-electron chi connectivity index (χ0n) is 12.2. The van der Waals surface area contributed by atoms with Crippen LogP contribution in [0.3, 0.4) is 0 Å². The molecule has 1 fully saturated rings.